The number of carbonyl (C=O) groups excluding carboxylic acids is 1. The lowest BCUT2D eigenvalue weighted by molar-refractivity contribution is -0.117. The summed E-state index contributed by atoms with van der Waals surface area (Å²) in [4.78, 5) is 16.3. The van der Waals surface area contributed by atoms with E-state index in [1.807, 2.05) is 54.1 Å². The van der Waals surface area contributed by atoms with E-state index in [1.165, 1.54) is 12.8 Å². The lowest BCUT2D eigenvalue weighted by Crippen LogP contribution is -2.37. The zero-order chi connectivity index (χ0) is 20.8. The molecule has 0 saturated heterocycles. The van der Waals surface area contributed by atoms with E-state index in [0.29, 0.717) is 18.2 Å². The van der Waals surface area contributed by atoms with Gasteiger partial charge in [0, 0.05) is 37.0 Å². The van der Waals surface area contributed by atoms with E-state index in [0.717, 1.165) is 35.3 Å². The maximum absolute atomic E-state index is 12.3. The van der Waals surface area contributed by atoms with Crippen molar-refractivity contribution in [1.82, 2.24) is 0 Å². The van der Waals surface area contributed by atoms with E-state index < -0.39 is 0 Å². The van der Waals surface area contributed by atoms with Crippen molar-refractivity contribution in [3.63, 3.8) is 0 Å². The highest BCUT2D eigenvalue weighted by atomic mass is 16.2. The minimum Gasteiger partial charge on any atom is -0.363 e. The van der Waals surface area contributed by atoms with Gasteiger partial charge in [0.2, 0.25) is 5.91 Å². The van der Waals surface area contributed by atoms with Crippen LogP contribution in [0.1, 0.15) is 49.3 Å². The smallest absolute Gasteiger partial charge is 0.224 e. The quantitative estimate of drug-likeness (QED) is 0.720. The van der Waals surface area contributed by atoms with Gasteiger partial charge in [-0.05, 0) is 61.7 Å². The van der Waals surface area contributed by atoms with Crippen molar-refractivity contribution in [1.29, 1.82) is 5.26 Å². The first-order valence-corrected chi connectivity index (χ1v) is 10.1. The third kappa shape index (κ3) is 4.98. The Morgan fingerprint density at radius 1 is 1.14 bits per heavy atom. The van der Waals surface area contributed by atoms with E-state index in [1.54, 1.807) is 13.0 Å². The summed E-state index contributed by atoms with van der Waals surface area (Å²) in [6.07, 6.45) is 4.56. The van der Waals surface area contributed by atoms with Crippen molar-refractivity contribution < 1.29 is 4.79 Å². The number of anilines is 2. The van der Waals surface area contributed by atoms with Gasteiger partial charge in [0.05, 0.1) is 18.2 Å². The van der Waals surface area contributed by atoms with Crippen LogP contribution < -0.4 is 9.80 Å². The fraction of sp³-hybridized carbons (Fsp3) is 0.360. The maximum Gasteiger partial charge on any atom is 0.224 e. The summed E-state index contributed by atoms with van der Waals surface area (Å²) in [5, 5.41) is 9.04. The van der Waals surface area contributed by atoms with E-state index in [4.69, 9.17) is 5.26 Å². The highest BCUT2D eigenvalue weighted by Gasteiger charge is 2.26. The first-order chi connectivity index (χ1) is 14.0. The molecule has 3 rings (SSSR count). The molecule has 1 aliphatic rings. The number of benzene rings is 2. The molecule has 0 aliphatic heterocycles. The minimum atomic E-state index is 0.111. The summed E-state index contributed by atoms with van der Waals surface area (Å²) in [6, 6.07) is 16.1. The summed E-state index contributed by atoms with van der Waals surface area (Å²) in [6.45, 7) is 4.27. The van der Waals surface area contributed by atoms with Crippen molar-refractivity contribution in [2.24, 2.45) is 0 Å². The number of aryl methyl sites for hydroxylation is 1. The van der Waals surface area contributed by atoms with Crippen LogP contribution in [0.2, 0.25) is 0 Å². The lowest BCUT2D eigenvalue weighted by atomic mass is 10.1. The largest absolute Gasteiger partial charge is 0.363 e. The Hall–Kier alpha value is -3.24. The number of hydrogen-bond donors (Lipinski definition) is 0. The average Bonchev–Trinajstić information content (AvgIpc) is 3.23. The molecule has 1 fully saturated rings. The molecular formula is C25H27N3O. The standard InChI is InChI=1S/C25H27N3O/c1-19-16-21(9-7-15-27(3)24-12-6-8-22(17-24)18-26)13-14-25(19)28(20(2)29)23-10-4-5-11-23/h6,8,12-14,16-17,23H,4-5,10-11,15H2,1-3H3. The van der Waals surface area contributed by atoms with Gasteiger partial charge < -0.3 is 9.80 Å². The molecule has 0 atom stereocenters. The maximum atomic E-state index is 12.3. The van der Waals surface area contributed by atoms with Gasteiger partial charge >= 0.3 is 0 Å². The summed E-state index contributed by atoms with van der Waals surface area (Å²) >= 11 is 0. The van der Waals surface area contributed by atoms with E-state index >= 15 is 0 Å². The molecule has 2 aromatic carbocycles. The van der Waals surface area contributed by atoms with Crippen LogP contribution in [0.5, 0.6) is 0 Å². The summed E-state index contributed by atoms with van der Waals surface area (Å²) in [7, 11) is 1.96. The number of nitriles is 1. The predicted molar refractivity (Wildman–Crippen MR) is 118 cm³/mol. The summed E-state index contributed by atoms with van der Waals surface area (Å²) in [5.74, 6) is 6.53. The molecule has 0 unspecified atom stereocenters. The van der Waals surface area contributed by atoms with Gasteiger partial charge in [-0.15, -0.1) is 0 Å². The Morgan fingerprint density at radius 2 is 1.90 bits per heavy atom. The average molecular weight is 386 g/mol. The van der Waals surface area contributed by atoms with E-state index in [2.05, 4.69) is 24.0 Å². The van der Waals surface area contributed by atoms with Crippen LogP contribution in [0.25, 0.3) is 0 Å². The zero-order valence-corrected chi connectivity index (χ0v) is 17.4. The van der Waals surface area contributed by atoms with Gasteiger partial charge in [0.25, 0.3) is 0 Å². The number of nitrogens with zero attached hydrogens (tertiary/aromatic N) is 3. The molecule has 0 bridgehead atoms. The van der Waals surface area contributed by atoms with Crippen molar-refractivity contribution >= 4 is 17.3 Å². The fourth-order valence-corrected chi connectivity index (χ4v) is 3.95. The number of hydrogen-bond acceptors (Lipinski definition) is 3. The third-order valence-electron chi connectivity index (χ3n) is 5.45. The van der Waals surface area contributed by atoms with Crippen LogP contribution in [-0.4, -0.2) is 25.5 Å². The Morgan fingerprint density at radius 3 is 2.55 bits per heavy atom. The van der Waals surface area contributed by atoms with Crippen LogP contribution in [0.3, 0.4) is 0 Å². The molecule has 148 valence electrons. The van der Waals surface area contributed by atoms with Crippen LogP contribution >= 0.6 is 0 Å². The predicted octanol–water partition coefficient (Wildman–Crippen LogP) is 4.65. The topological polar surface area (TPSA) is 47.3 Å². The molecule has 0 spiro atoms. The highest BCUT2D eigenvalue weighted by molar-refractivity contribution is 5.93. The third-order valence-corrected chi connectivity index (χ3v) is 5.45. The first kappa shape index (κ1) is 20.5. The molecule has 1 aliphatic carbocycles. The highest BCUT2D eigenvalue weighted by Crippen LogP contribution is 2.30. The molecule has 4 nitrogen and oxygen atoms in total. The van der Waals surface area contributed by atoms with Crippen LogP contribution in [0.4, 0.5) is 11.4 Å². The monoisotopic (exact) mass is 385 g/mol. The second-order valence-electron chi connectivity index (χ2n) is 7.65. The molecule has 1 saturated carbocycles. The van der Waals surface area contributed by atoms with E-state index in [9.17, 15) is 4.79 Å². The number of amides is 1. The van der Waals surface area contributed by atoms with Gasteiger partial charge in [-0.2, -0.15) is 5.26 Å². The SMILES string of the molecule is CC(=O)N(c1ccc(C#CCN(C)c2cccc(C#N)c2)cc1C)C1CCCC1. The van der Waals surface area contributed by atoms with Crippen molar-refractivity contribution in [3.8, 4) is 17.9 Å². The fourth-order valence-electron chi connectivity index (χ4n) is 3.95. The normalized spacial score (nSPS) is 13.3. The molecular weight excluding hydrogens is 358 g/mol. The molecule has 0 aromatic heterocycles. The molecule has 29 heavy (non-hydrogen) atoms. The molecule has 4 heteroatoms. The van der Waals surface area contributed by atoms with Gasteiger partial charge in [-0.25, -0.2) is 0 Å². The molecule has 1 amide bonds. The lowest BCUT2D eigenvalue weighted by Gasteiger charge is -2.29. The van der Waals surface area contributed by atoms with Gasteiger partial charge in [-0.3, -0.25) is 4.79 Å². The summed E-state index contributed by atoms with van der Waals surface area (Å²) < 4.78 is 0. The minimum absolute atomic E-state index is 0.111. The number of carbonyl (C=O) groups is 1. The number of rotatable bonds is 4. The van der Waals surface area contributed by atoms with Crippen LogP contribution in [-0.2, 0) is 4.79 Å². The van der Waals surface area contributed by atoms with Crippen LogP contribution in [0, 0.1) is 30.1 Å². The van der Waals surface area contributed by atoms with Crippen LogP contribution in [0.15, 0.2) is 42.5 Å². The Bertz CT molecular complexity index is 987. The van der Waals surface area contributed by atoms with Crippen molar-refractivity contribution in [2.45, 2.75) is 45.6 Å². The molecule has 0 N–H and O–H groups in total. The Kier molecular flexibility index (Phi) is 6.57. The van der Waals surface area contributed by atoms with Crippen molar-refractivity contribution in [3.05, 3.63) is 59.2 Å². The second kappa shape index (κ2) is 9.30. The van der Waals surface area contributed by atoms with Gasteiger partial charge in [0.1, 0.15) is 0 Å². The molecule has 0 heterocycles. The second-order valence-corrected chi connectivity index (χ2v) is 7.65. The molecule has 0 radical (unpaired) electrons. The van der Waals surface area contributed by atoms with Gasteiger partial charge in [0.15, 0.2) is 0 Å². The van der Waals surface area contributed by atoms with Crippen molar-refractivity contribution in [2.75, 3.05) is 23.4 Å². The molecule has 2 aromatic rings. The van der Waals surface area contributed by atoms with Gasteiger partial charge in [-0.1, -0.05) is 30.7 Å². The first-order valence-electron chi connectivity index (χ1n) is 10.1. The van der Waals surface area contributed by atoms with E-state index in [-0.39, 0.29) is 5.91 Å². The summed E-state index contributed by atoms with van der Waals surface area (Å²) in [5.41, 5.74) is 4.64. The Balaban J connectivity index is 1.72. The Labute approximate surface area is 173 Å². The zero-order valence-electron chi connectivity index (χ0n) is 17.4.